The van der Waals surface area contributed by atoms with Crippen LogP contribution < -0.4 is 5.32 Å². The summed E-state index contributed by atoms with van der Waals surface area (Å²) < 4.78 is 10.4. The molecule has 0 saturated carbocycles. The molecule has 2 atom stereocenters. The van der Waals surface area contributed by atoms with Gasteiger partial charge in [-0.2, -0.15) is 0 Å². The molecule has 1 aliphatic rings. The van der Waals surface area contributed by atoms with E-state index in [0.717, 1.165) is 26.2 Å². The highest BCUT2D eigenvalue weighted by molar-refractivity contribution is 4.82. The van der Waals surface area contributed by atoms with Crippen LogP contribution in [0.5, 0.6) is 0 Å². The lowest BCUT2D eigenvalue weighted by atomic mass is 10.1. The highest BCUT2D eigenvalue weighted by atomic mass is 16.5. The van der Waals surface area contributed by atoms with Gasteiger partial charge in [-0.15, -0.1) is 0 Å². The standard InChI is InChI=1S/C14H30N2O2/c1-4-14-12-16(13(2)11-15-14)7-5-6-8-18-10-9-17-3/h13-15H,4-12H2,1-3H3. The van der Waals surface area contributed by atoms with E-state index in [4.69, 9.17) is 9.47 Å². The molecule has 0 bridgehead atoms. The lowest BCUT2D eigenvalue weighted by Crippen LogP contribution is -2.55. The van der Waals surface area contributed by atoms with Gasteiger partial charge in [-0.1, -0.05) is 6.92 Å². The van der Waals surface area contributed by atoms with E-state index in [2.05, 4.69) is 24.1 Å². The number of nitrogens with one attached hydrogen (secondary N) is 1. The molecule has 2 unspecified atom stereocenters. The van der Waals surface area contributed by atoms with Crippen molar-refractivity contribution in [2.75, 3.05) is 46.6 Å². The van der Waals surface area contributed by atoms with E-state index in [-0.39, 0.29) is 0 Å². The highest BCUT2D eigenvalue weighted by Crippen LogP contribution is 2.10. The maximum absolute atomic E-state index is 5.48. The zero-order chi connectivity index (χ0) is 13.2. The molecule has 0 radical (unpaired) electrons. The number of ether oxygens (including phenoxy) is 2. The maximum Gasteiger partial charge on any atom is 0.0700 e. The Bertz CT molecular complexity index is 202. The summed E-state index contributed by atoms with van der Waals surface area (Å²) in [4.78, 5) is 2.61. The number of nitrogens with zero attached hydrogens (tertiary/aromatic N) is 1. The minimum Gasteiger partial charge on any atom is -0.382 e. The Balaban J connectivity index is 2.03. The van der Waals surface area contributed by atoms with Crippen LogP contribution in [0.3, 0.4) is 0 Å². The first-order chi connectivity index (χ1) is 8.77. The van der Waals surface area contributed by atoms with Crippen LogP contribution in [-0.4, -0.2) is 63.5 Å². The van der Waals surface area contributed by atoms with E-state index < -0.39 is 0 Å². The van der Waals surface area contributed by atoms with Gasteiger partial charge >= 0.3 is 0 Å². The lowest BCUT2D eigenvalue weighted by molar-refractivity contribution is 0.0656. The van der Waals surface area contributed by atoms with Crippen LogP contribution >= 0.6 is 0 Å². The van der Waals surface area contributed by atoms with Crippen molar-refractivity contribution >= 4 is 0 Å². The second-order valence-electron chi connectivity index (χ2n) is 5.17. The number of hydrogen-bond donors (Lipinski definition) is 1. The minimum absolute atomic E-state index is 0.669. The Morgan fingerprint density at radius 2 is 2.06 bits per heavy atom. The third-order valence-corrected chi connectivity index (χ3v) is 3.69. The zero-order valence-electron chi connectivity index (χ0n) is 12.3. The van der Waals surface area contributed by atoms with E-state index in [9.17, 15) is 0 Å². The number of hydrogen-bond acceptors (Lipinski definition) is 4. The van der Waals surface area contributed by atoms with Gasteiger partial charge in [-0.25, -0.2) is 0 Å². The number of methoxy groups -OCH3 is 1. The van der Waals surface area contributed by atoms with E-state index in [1.54, 1.807) is 7.11 Å². The Morgan fingerprint density at radius 3 is 2.78 bits per heavy atom. The molecule has 1 saturated heterocycles. The van der Waals surface area contributed by atoms with Crippen LogP contribution in [0.2, 0.25) is 0 Å². The fourth-order valence-electron chi connectivity index (χ4n) is 2.34. The second-order valence-corrected chi connectivity index (χ2v) is 5.17. The highest BCUT2D eigenvalue weighted by Gasteiger charge is 2.22. The number of unbranched alkanes of at least 4 members (excludes halogenated alkanes) is 1. The van der Waals surface area contributed by atoms with Crippen molar-refractivity contribution < 1.29 is 9.47 Å². The van der Waals surface area contributed by atoms with Gasteiger partial charge in [0.2, 0.25) is 0 Å². The van der Waals surface area contributed by atoms with Crippen molar-refractivity contribution in [1.29, 1.82) is 0 Å². The Hall–Kier alpha value is -0.160. The third kappa shape index (κ3) is 6.14. The SMILES string of the molecule is CCC1CN(CCCCOCCOC)C(C)CN1. The van der Waals surface area contributed by atoms with Gasteiger partial charge in [0.1, 0.15) is 0 Å². The van der Waals surface area contributed by atoms with E-state index in [1.807, 2.05) is 0 Å². The molecule has 1 rings (SSSR count). The molecule has 0 aliphatic carbocycles. The molecule has 0 spiro atoms. The summed E-state index contributed by atoms with van der Waals surface area (Å²) in [5.74, 6) is 0. The van der Waals surface area contributed by atoms with Gasteiger partial charge < -0.3 is 14.8 Å². The molecule has 0 amide bonds. The molecule has 1 heterocycles. The Morgan fingerprint density at radius 1 is 1.22 bits per heavy atom. The molecule has 1 aliphatic heterocycles. The van der Waals surface area contributed by atoms with Crippen LogP contribution in [0, 0.1) is 0 Å². The van der Waals surface area contributed by atoms with E-state index in [1.165, 1.54) is 25.9 Å². The quantitative estimate of drug-likeness (QED) is 0.636. The summed E-state index contributed by atoms with van der Waals surface area (Å²) >= 11 is 0. The number of piperazine rings is 1. The van der Waals surface area contributed by atoms with Gasteiger partial charge in [0.05, 0.1) is 13.2 Å². The average Bonchev–Trinajstić information content (AvgIpc) is 2.39. The van der Waals surface area contributed by atoms with Crippen molar-refractivity contribution in [2.45, 2.75) is 45.2 Å². The van der Waals surface area contributed by atoms with E-state index >= 15 is 0 Å². The van der Waals surface area contributed by atoms with Crippen LogP contribution in [-0.2, 0) is 9.47 Å². The lowest BCUT2D eigenvalue weighted by Gasteiger charge is -2.38. The van der Waals surface area contributed by atoms with Crippen LogP contribution in [0.1, 0.15) is 33.1 Å². The molecule has 0 aromatic heterocycles. The Labute approximate surface area is 112 Å². The van der Waals surface area contributed by atoms with Crippen molar-refractivity contribution in [3.8, 4) is 0 Å². The maximum atomic E-state index is 5.48. The molecule has 108 valence electrons. The predicted octanol–water partition coefficient (Wildman–Crippen LogP) is 1.50. The summed E-state index contributed by atoms with van der Waals surface area (Å²) in [6.45, 7) is 10.4. The molecular formula is C14H30N2O2. The molecule has 4 heteroatoms. The van der Waals surface area contributed by atoms with Gasteiger partial charge in [0, 0.05) is 38.9 Å². The molecule has 18 heavy (non-hydrogen) atoms. The second kappa shape index (κ2) is 9.73. The minimum atomic E-state index is 0.669. The first-order valence-electron chi connectivity index (χ1n) is 7.32. The molecule has 0 aromatic carbocycles. The molecule has 1 N–H and O–H groups in total. The fourth-order valence-corrected chi connectivity index (χ4v) is 2.34. The van der Waals surface area contributed by atoms with Crippen molar-refractivity contribution in [3.63, 3.8) is 0 Å². The molecule has 0 aromatic rings. The zero-order valence-corrected chi connectivity index (χ0v) is 12.3. The third-order valence-electron chi connectivity index (χ3n) is 3.69. The number of rotatable bonds is 9. The smallest absolute Gasteiger partial charge is 0.0700 e. The summed E-state index contributed by atoms with van der Waals surface area (Å²) in [5.41, 5.74) is 0. The van der Waals surface area contributed by atoms with Crippen LogP contribution in [0.15, 0.2) is 0 Å². The molecule has 4 nitrogen and oxygen atoms in total. The topological polar surface area (TPSA) is 33.7 Å². The summed E-state index contributed by atoms with van der Waals surface area (Å²) in [6, 6.07) is 1.35. The normalized spacial score (nSPS) is 25.5. The average molecular weight is 258 g/mol. The predicted molar refractivity (Wildman–Crippen MR) is 75.0 cm³/mol. The summed E-state index contributed by atoms with van der Waals surface area (Å²) in [6.07, 6.45) is 3.61. The monoisotopic (exact) mass is 258 g/mol. The van der Waals surface area contributed by atoms with Gasteiger partial charge in [0.15, 0.2) is 0 Å². The molecular weight excluding hydrogens is 228 g/mol. The van der Waals surface area contributed by atoms with E-state index in [0.29, 0.717) is 18.7 Å². The van der Waals surface area contributed by atoms with Gasteiger partial charge in [-0.05, 0) is 32.7 Å². The summed E-state index contributed by atoms with van der Waals surface area (Å²) in [5, 5.41) is 3.59. The first kappa shape index (κ1) is 15.9. The van der Waals surface area contributed by atoms with Crippen molar-refractivity contribution in [3.05, 3.63) is 0 Å². The van der Waals surface area contributed by atoms with Gasteiger partial charge in [-0.3, -0.25) is 4.90 Å². The summed E-state index contributed by atoms with van der Waals surface area (Å²) in [7, 11) is 1.71. The van der Waals surface area contributed by atoms with Crippen molar-refractivity contribution in [2.24, 2.45) is 0 Å². The van der Waals surface area contributed by atoms with Crippen molar-refractivity contribution in [1.82, 2.24) is 10.2 Å². The van der Waals surface area contributed by atoms with Gasteiger partial charge in [0.25, 0.3) is 0 Å². The Kier molecular flexibility index (Phi) is 8.59. The first-order valence-corrected chi connectivity index (χ1v) is 7.32. The molecule has 1 fully saturated rings. The van der Waals surface area contributed by atoms with Crippen LogP contribution in [0.25, 0.3) is 0 Å². The van der Waals surface area contributed by atoms with Crippen LogP contribution in [0.4, 0.5) is 0 Å². The fraction of sp³-hybridized carbons (Fsp3) is 1.00. The largest absolute Gasteiger partial charge is 0.382 e.